The molecule has 0 bridgehead atoms. The van der Waals surface area contributed by atoms with Gasteiger partial charge >= 0.3 is 0 Å². The van der Waals surface area contributed by atoms with Crippen LogP contribution >= 0.6 is 0 Å². The molecule has 0 spiro atoms. The van der Waals surface area contributed by atoms with Gasteiger partial charge in [0.2, 0.25) is 12.1 Å². The number of Topliss-reactive ketones (excluding diaryl/α,β-unsaturated/α-hetero) is 1. The van der Waals surface area contributed by atoms with Crippen LogP contribution in [0.2, 0.25) is 0 Å². The van der Waals surface area contributed by atoms with Crippen molar-refractivity contribution in [2.24, 2.45) is 0 Å². The van der Waals surface area contributed by atoms with Crippen LogP contribution in [0, 0.1) is 0 Å². The van der Waals surface area contributed by atoms with Gasteiger partial charge in [0.15, 0.2) is 36.5 Å². The highest BCUT2D eigenvalue weighted by molar-refractivity contribution is 5.87. The number of hydrogen-bond acceptors (Lipinski definition) is 20. The normalized spacial score (nSPS) is 45.3. The number of aliphatic hydroxyl groups is 8. The number of methoxy groups -OCH3 is 3. The molecule has 288 valence electrons. The minimum atomic E-state index is -1.41. The van der Waals surface area contributed by atoms with E-state index in [0.717, 1.165) is 0 Å². The first-order chi connectivity index (χ1) is 22.9. The number of carbonyl (C=O) groups excluding carboxylic acids is 1. The fourth-order valence-corrected chi connectivity index (χ4v) is 5.49. The van der Waals surface area contributed by atoms with Crippen LogP contribution in [0.3, 0.4) is 0 Å². The van der Waals surface area contributed by atoms with Gasteiger partial charge in [-0.05, 0) is 27.7 Å². The van der Waals surface area contributed by atoms with Crippen molar-refractivity contribution in [2.75, 3.05) is 47.8 Å². The molecule has 15 atom stereocenters. The molecule has 6 fully saturated rings. The van der Waals surface area contributed by atoms with Gasteiger partial charge in [0, 0.05) is 21.3 Å². The minimum absolute atomic E-state index is 0.0171. The van der Waals surface area contributed by atoms with E-state index in [-0.39, 0.29) is 37.3 Å². The summed E-state index contributed by atoms with van der Waals surface area (Å²) in [5.74, 6) is -1.56. The molecule has 0 amide bonds. The second-order valence-electron chi connectivity index (χ2n) is 12.7. The molecule has 0 aromatic carbocycles. The lowest BCUT2D eigenvalue weighted by molar-refractivity contribution is -0.261. The fourth-order valence-electron chi connectivity index (χ4n) is 5.49. The van der Waals surface area contributed by atoms with E-state index in [4.69, 9.17) is 78.4 Å². The zero-order valence-electron chi connectivity index (χ0n) is 28.5. The number of rotatable bonds is 3. The lowest BCUT2D eigenvalue weighted by Gasteiger charge is -2.33. The third-order valence-electron chi connectivity index (χ3n) is 7.98. The predicted octanol–water partition coefficient (Wildman–Crippen LogP) is -4.56. The molecule has 6 aliphatic rings. The van der Waals surface area contributed by atoms with Crippen LogP contribution in [0.15, 0.2) is 0 Å². The van der Waals surface area contributed by atoms with Crippen molar-refractivity contribution in [1.82, 2.24) is 0 Å². The lowest BCUT2D eigenvalue weighted by Crippen LogP contribution is -2.53. The van der Waals surface area contributed by atoms with E-state index >= 15 is 0 Å². The summed E-state index contributed by atoms with van der Waals surface area (Å²) in [6.45, 7) is 7.75. The Morgan fingerprint density at radius 2 is 1.04 bits per heavy atom. The Kier molecular flexibility index (Phi) is 15.6. The lowest BCUT2D eigenvalue weighted by atomic mass is 10.1. The number of hydrogen-bond donors (Lipinski definition) is 8. The van der Waals surface area contributed by atoms with Gasteiger partial charge in [-0.15, -0.1) is 0 Å². The van der Waals surface area contributed by atoms with E-state index in [1.54, 1.807) is 13.8 Å². The molecule has 0 radical (unpaired) electrons. The van der Waals surface area contributed by atoms with Gasteiger partial charge in [0.25, 0.3) is 0 Å². The van der Waals surface area contributed by atoms with E-state index in [9.17, 15) is 9.90 Å². The number of ketones is 1. The molecule has 49 heavy (non-hydrogen) atoms. The molecular formula is C29H52O20. The van der Waals surface area contributed by atoms with Gasteiger partial charge in [-0.1, -0.05) is 0 Å². The highest BCUT2D eigenvalue weighted by atomic mass is 16.8. The summed E-state index contributed by atoms with van der Waals surface area (Å²) in [7, 11) is 4.29. The average Bonchev–Trinajstić information content (AvgIpc) is 3.56. The zero-order valence-corrected chi connectivity index (χ0v) is 28.5. The summed E-state index contributed by atoms with van der Waals surface area (Å²) in [6.07, 6.45) is -13.1. The molecule has 20 nitrogen and oxygen atoms in total. The summed E-state index contributed by atoms with van der Waals surface area (Å²) in [6, 6.07) is 0. The van der Waals surface area contributed by atoms with E-state index in [0.29, 0.717) is 13.2 Å². The monoisotopic (exact) mass is 720 g/mol. The zero-order chi connectivity index (χ0) is 36.8. The topological polar surface area (TPSA) is 280 Å². The Morgan fingerprint density at radius 1 is 0.551 bits per heavy atom. The van der Waals surface area contributed by atoms with Crippen molar-refractivity contribution in [3.8, 4) is 0 Å². The quantitative estimate of drug-likeness (QED) is 0.136. The molecule has 0 saturated carbocycles. The van der Waals surface area contributed by atoms with Gasteiger partial charge in [0.05, 0.1) is 26.4 Å². The van der Waals surface area contributed by atoms with Crippen molar-refractivity contribution in [3.05, 3.63) is 0 Å². The van der Waals surface area contributed by atoms with E-state index < -0.39 is 85.6 Å². The SMILES string of the molecule is COC1OCC(O)C(O)C1O.COC1OCC2OC(C)(C)OC2C1=O.COC1OCC2OC(C)(C)OC2C1O.OC1OC[C@@H](O)[C@@H](O)[C@@H]1O. The summed E-state index contributed by atoms with van der Waals surface area (Å²) in [5.41, 5.74) is 0. The molecule has 6 aliphatic heterocycles. The summed E-state index contributed by atoms with van der Waals surface area (Å²) in [5, 5.41) is 72.3. The van der Waals surface area contributed by atoms with Gasteiger partial charge in [-0.2, -0.15) is 0 Å². The first-order valence-electron chi connectivity index (χ1n) is 15.6. The van der Waals surface area contributed by atoms with Crippen molar-refractivity contribution in [1.29, 1.82) is 0 Å². The standard InChI is InChI=1S/C9H16O5.C9H14O5.C6H12O5.C5H10O5/c2*1-9(2)13-5-4-12-8(11-3)6(10)7(5)14-9;1-10-6-5(9)4(8)3(7)2-11-6;6-2-1-10-5(9)4(8)3(2)7/h5-8,10H,4H2,1-3H3;5,7-8H,4H2,1-3H3;3-9H,2H2,1H3;2-9H,1H2/t;;;2-,3-,4+,5?/m...1/s1. The second kappa shape index (κ2) is 18.1. The van der Waals surface area contributed by atoms with Crippen molar-refractivity contribution in [2.45, 2.75) is 132 Å². The molecule has 12 unspecified atom stereocenters. The predicted molar refractivity (Wildman–Crippen MR) is 157 cm³/mol. The summed E-state index contributed by atoms with van der Waals surface area (Å²) in [4.78, 5) is 11.7. The number of fused-ring (bicyclic) bond motifs is 2. The van der Waals surface area contributed by atoms with E-state index in [1.165, 1.54) is 21.3 Å². The Labute approximate surface area is 283 Å². The summed E-state index contributed by atoms with van der Waals surface area (Å²) < 4.78 is 56.3. The Balaban J connectivity index is 0.000000179. The van der Waals surface area contributed by atoms with Gasteiger partial charge in [0.1, 0.15) is 61.0 Å². The van der Waals surface area contributed by atoms with Crippen LogP contribution in [0.25, 0.3) is 0 Å². The van der Waals surface area contributed by atoms with Crippen LogP contribution < -0.4 is 0 Å². The minimum Gasteiger partial charge on any atom is -0.388 e. The number of ether oxygens (including phenoxy) is 11. The van der Waals surface area contributed by atoms with Gasteiger partial charge in [-0.3, -0.25) is 4.79 Å². The van der Waals surface area contributed by atoms with E-state index in [1.807, 2.05) is 13.8 Å². The Hall–Kier alpha value is -1.09. The Morgan fingerprint density at radius 3 is 1.61 bits per heavy atom. The highest BCUT2D eigenvalue weighted by Crippen LogP contribution is 2.35. The smallest absolute Gasteiger partial charge is 0.220 e. The van der Waals surface area contributed by atoms with Crippen LogP contribution in [-0.4, -0.2) is 198 Å². The molecule has 20 heteroatoms. The summed E-state index contributed by atoms with van der Waals surface area (Å²) >= 11 is 0. The second-order valence-corrected chi connectivity index (χ2v) is 12.7. The molecule has 6 saturated heterocycles. The maximum Gasteiger partial charge on any atom is 0.220 e. The van der Waals surface area contributed by atoms with Crippen LogP contribution in [0.5, 0.6) is 0 Å². The average molecular weight is 721 g/mol. The molecule has 0 aliphatic carbocycles. The third-order valence-corrected chi connectivity index (χ3v) is 7.98. The van der Waals surface area contributed by atoms with Crippen LogP contribution in [0.4, 0.5) is 0 Å². The molecule has 0 aromatic heterocycles. The third kappa shape index (κ3) is 11.0. The number of aliphatic hydroxyl groups excluding tert-OH is 8. The maximum atomic E-state index is 11.7. The van der Waals surface area contributed by atoms with Gasteiger partial charge < -0.3 is 93.0 Å². The maximum absolute atomic E-state index is 11.7. The van der Waals surface area contributed by atoms with Gasteiger partial charge in [-0.25, -0.2) is 0 Å². The van der Waals surface area contributed by atoms with Crippen molar-refractivity contribution < 1.29 is 97.8 Å². The molecule has 6 heterocycles. The molecular weight excluding hydrogens is 668 g/mol. The largest absolute Gasteiger partial charge is 0.388 e. The fraction of sp³-hybridized carbons (Fsp3) is 0.966. The Bertz CT molecular complexity index is 1000. The highest BCUT2D eigenvalue weighted by Gasteiger charge is 2.52. The van der Waals surface area contributed by atoms with Crippen LogP contribution in [0.1, 0.15) is 27.7 Å². The van der Waals surface area contributed by atoms with Crippen molar-refractivity contribution in [3.63, 3.8) is 0 Å². The number of carbonyl (C=O) groups is 1. The van der Waals surface area contributed by atoms with Crippen LogP contribution in [-0.2, 0) is 56.9 Å². The molecule has 0 aromatic rings. The first kappa shape index (κ1) is 42.3. The molecule has 6 rings (SSSR count). The molecule has 8 N–H and O–H groups in total. The van der Waals surface area contributed by atoms with Crippen molar-refractivity contribution >= 4 is 5.78 Å². The first-order valence-corrected chi connectivity index (χ1v) is 15.6. The van der Waals surface area contributed by atoms with E-state index in [2.05, 4.69) is 9.47 Å².